The summed E-state index contributed by atoms with van der Waals surface area (Å²) >= 11 is 0. The van der Waals surface area contributed by atoms with Gasteiger partial charge in [0.25, 0.3) is 0 Å². The first kappa shape index (κ1) is 12.4. The Morgan fingerprint density at radius 1 is 1.39 bits per heavy atom. The Bertz CT molecular complexity index is 433. The summed E-state index contributed by atoms with van der Waals surface area (Å²) in [4.78, 5) is 24.6. The van der Waals surface area contributed by atoms with Crippen molar-refractivity contribution in [1.29, 1.82) is 0 Å². The minimum absolute atomic E-state index is 0.0726. The molecule has 0 aliphatic carbocycles. The van der Waals surface area contributed by atoms with Crippen LogP contribution in [0.25, 0.3) is 0 Å². The van der Waals surface area contributed by atoms with Crippen molar-refractivity contribution in [3.8, 4) is 0 Å². The van der Waals surface area contributed by atoms with E-state index < -0.39 is 0 Å². The zero-order chi connectivity index (χ0) is 13.0. The summed E-state index contributed by atoms with van der Waals surface area (Å²) in [6.45, 7) is 1.07. The van der Waals surface area contributed by atoms with Crippen LogP contribution in [0.2, 0.25) is 0 Å². The number of hydrogen-bond acceptors (Lipinski definition) is 2. The third-order valence-electron chi connectivity index (χ3n) is 2.97. The van der Waals surface area contributed by atoms with Gasteiger partial charge in [-0.2, -0.15) is 0 Å². The van der Waals surface area contributed by atoms with Crippen LogP contribution in [0.5, 0.6) is 0 Å². The summed E-state index contributed by atoms with van der Waals surface area (Å²) < 4.78 is 0. The summed E-state index contributed by atoms with van der Waals surface area (Å²) in [7, 11) is 1.74. The SMILES string of the molecule is CN1CC(NC(=O)NCc2ccccc2)CC1=O. The van der Waals surface area contributed by atoms with E-state index in [1.54, 1.807) is 11.9 Å². The van der Waals surface area contributed by atoms with Crippen molar-refractivity contribution in [3.63, 3.8) is 0 Å². The minimum Gasteiger partial charge on any atom is -0.344 e. The van der Waals surface area contributed by atoms with E-state index in [0.717, 1.165) is 5.56 Å². The molecule has 3 amide bonds. The number of rotatable bonds is 3. The minimum atomic E-state index is -0.230. The fraction of sp³-hybridized carbons (Fsp3) is 0.385. The van der Waals surface area contributed by atoms with E-state index in [9.17, 15) is 9.59 Å². The average Bonchev–Trinajstić information content (AvgIpc) is 2.67. The lowest BCUT2D eigenvalue weighted by Gasteiger charge is -2.13. The van der Waals surface area contributed by atoms with Crippen molar-refractivity contribution in [2.24, 2.45) is 0 Å². The lowest BCUT2D eigenvalue weighted by Crippen LogP contribution is -2.42. The maximum atomic E-state index is 11.6. The highest BCUT2D eigenvalue weighted by Gasteiger charge is 2.27. The summed E-state index contributed by atoms with van der Waals surface area (Å²) in [6, 6.07) is 9.38. The van der Waals surface area contributed by atoms with E-state index in [1.807, 2.05) is 30.3 Å². The van der Waals surface area contributed by atoms with Gasteiger partial charge in [-0.05, 0) is 5.56 Å². The van der Waals surface area contributed by atoms with E-state index in [4.69, 9.17) is 0 Å². The monoisotopic (exact) mass is 247 g/mol. The second-order valence-corrected chi connectivity index (χ2v) is 4.49. The number of nitrogens with zero attached hydrogens (tertiary/aromatic N) is 1. The van der Waals surface area contributed by atoms with Crippen LogP contribution in [0.1, 0.15) is 12.0 Å². The molecule has 0 spiro atoms. The van der Waals surface area contributed by atoms with Crippen molar-refractivity contribution < 1.29 is 9.59 Å². The Labute approximate surface area is 106 Å². The van der Waals surface area contributed by atoms with Crippen LogP contribution < -0.4 is 10.6 Å². The number of nitrogens with one attached hydrogen (secondary N) is 2. The maximum absolute atomic E-state index is 11.6. The zero-order valence-electron chi connectivity index (χ0n) is 10.3. The highest BCUT2D eigenvalue weighted by atomic mass is 16.2. The Balaban J connectivity index is 1.75. The molecule has 1 heterocycles. The van der Waals surface area contributed by atoms with E-state index in [2.05, 4.69) is 10.6 Å². The van der Waals surface area contributed by atoms with Crippen LogP contribution in [0.15, 0.2) is 30.3 Å². The highest BCUT2D eigenvalue weighted by Crippen LogP contribution is 2.07. The molecule has 2 rings (SSSR count). The fourth-order valence-electron chi connectivity index (χ4n) is 1.97. The van der Waals surface area contributed by atoms with Gasteiger partial charge in [-0.3, -0.25) is 4.79 Å². The number of benzene rings is 1. The van der Waals surface area contributed by atoms with Gasteiger partial charge in [-0.15, -0.1) is 0 Å². The van der Waals surface area contributed by atoms with E-state index in [-0.39, 0.29) is 18.0 Å². The molecule has 1 aromatic rings. The first-order valence-corrected chi connectivity index (χ1v) is 5.97. The van der Waals surface area contributed by atoms with E-state index >= 15 is 0 Å². The van der Waals surface area contributed by atoms with Crippen LogP contribution >= 0.6 is 0 Å². The van der Waals surface area contributed by atoms with Gasteiger partial charge < -0.3 is 15.5 Å². The molecular weight excluding hydrogens is 230 g/mol. The molecule has 1 aromatic carbocycles. The van der Waals surface area contributed by atoms with Crippen LogP contribution in [0, 0.1) is 0 Å². The fourth-order valence-corrected chi connectivity index (χ4v) is 1.97. The van der Waals surface area contributed by atoms with Crippen molar-refractivity contribution in [3.05, 3.63) is 35.9 Å². The van der Waals surface area contributed by atoms with Gasteiger partial charge in [0.2, 0.25) is 5.91 Å². The van der Waals surface area contributed by atoms with Crippen LogP contribution in [-0.2, 0) is 11.3 Å². The molecule has 1 aliphatic heterocycles. The molecule has 1 aliphatic rings. The Kier molecular flexibility index (Phi) is 3.82. The molecule has 5 nitrogen and oxygen atoms in total. The summed E-state index contributed by atoms with van der Waals surface area (Å²) in [6.07, 6.45) is 0.384. The van der Waals surface area contributed by atoms with Crippen molar-refractivity contribution in [2.45, 2.75) is 19.0 Å². The quantitative estimate of drug-likeness (QED) is 0.826. The second kappa shape index (κ2) is 5.53. The number of carbonyl (C=O) groups is 2. The Hall–Kier alpha value is -2.04. The highest BCUT2D eigenvalue weighted by molar-refractivity contribution is 5.81. The Morgan fingerprint density at radius 3 is 2.72 bits per heavy atom. The van der Waals surface area contributed by atoms with Crippen molar-refractivity contribution in [2.75, 3.05) is 13.6 Å². The van der Waals surface area contributed by atoms with Crippen LogP contribution in [0.4, 0.5) is 4.79 Å². The van der Waals surface area contributed by atoms with Gasteiger partial charge in [0, 0.05) is 26.6 Å². The molecule has 5 heteroatoms. The number of likely N-dealkylation sites (tertiary alicyclic amines) is 1. The molecule has 1 fully saturated rings. The molecule has 18 heavy (non-hydrogen) atoms. The van der Waals surface area contributed by atoms with Crippen LogP contribution in [0.3, 0.4) is 0 Å². The number of amides is 3. The third kappa shape index (κ3) is 3.23. The average molecular weight is 247 g/mol. The Morgan fingerprint density at radius 2 is 2.11 bits per heavy atom. The molecule has 1 atom stereocenters. The molecule has 96 valence electrons. The standard InChI is InChI=1S/C13H17N3O2/c1-16-9-11(7-12(16)17)15-13(18)14-8-10-5-3-2-4-6-10/h2-6,11H,7-9H2,1H3,(H2,14,15,18). The largest absolute Gasteiger partial charge is 0.344 e. The first-order valence-electron chi connectivity index (χ1n) is 5.97. The first-order chi connectivity index (χ1) is 8.65. The smallest absolute Gasteiger partial charge is 0.315 e. The lowest BCUT2D eigenvalue weighted by molar-refractivity contribution is -0.126. The van der Waals surface area contributed by atoms with Gasteiger partial charge in [0.05, 0.1) is 6.04 Å². The number of likely N-dealkylation sites (N-methyl/N-ethyl adjacent to an activating group) is 1. The van der Waals surface area contributed by atoms with Crippen molar-refractivity contribution in [1.82, 2.24) is 15.5 Å². The normalized spacial score (nSPS) is 18.8. The third-order valence-corrected chi connectivity index (χ3v) is 2.97. The van der Waals surface area contributed by atoms with E-state index in [1.165, 1.54) is 0 Å². The predicted molar refractivity (Wildman–Crippen MR) is 67.9 cm³/mol. The molecule has 2 N–H and O–H groups in total. The summed E-state index contributed by atoms with van der Waals surface area (Å²) in [5.41, 5.74) is 1.05. The van der Waals surface area contributed by atoms with Crippen molar-refractivity contribution >= 4 is 11.9 Å². The summed E-state index contributed by atoms with van der Waals surface area (Å²) in [5, 5.41) is 5.57. The number of carbonyl (C=O) groups excluding carboxylic acids is 2. The van der Waals surface area contributed by atoms with Gasteiger partial charge in [-0.25, -0.2) is 4.79 Å². The predicted octanol–water partition coefficient (Wildman–Crippen LogP) is 0.716. The van der Waals surface area contributed by atoms with Gasteiger partial charge in [-0.1, -0.05) is 30.3 Å². The molecule has 0 radical (unpaired) electrons. The maximum Gasteiger partial charge on any atom is 0.315 e. The molecule has 1 unspecified atom stereocenters. The number of hydrogen-bond donors (Lipinski definition) is 2. The van der Waals surface area contributed by atoms with Gasteiger partial charge in [0.15, 0.2) is 0 Å². The van der Waals surface area contributed by atoms with E-state index in [0.29, 0.717) is 19.5 Å². The summed E-state index contributed by atoms with van der Waals surface area (Å²) in [5.74, 6) is 0.0726. The molecule has 0 aromatic heterocycles. The molecule has 0 bridgehead atoms. The topological polar surface area (TPSA) is 61.4 Å². The molecule has 0 saturated carbocycles. The lowest BCUT2D eigenvalue weighted by atomic mass is 10.2. The second-order valence-electron chi connectivity index (χ2n) is 4.49. The molecular formula is C13H17N3O2. The molecule has 1 saturated heterocycles. The van der Waals surface area contributed by atoms with Gasteiger partial charge in [0.1, 0.15) is 0 Å². The van der Waals surface area contributed by atoms with Crippen LogP contribution in [-0.4, -0.2) is 36.5 Å². The zero-order valence-corrected chi connectivity index (χ0v) is 10.3. The van der Waals surface area contributed by atoms with Gasteiger partial charge >= 0.3 is 6.03 Å². The number of urea groups is 1.